The molecule has 0 saturated heterocycles. The first-order valence-corrected chi connectivity index (χ1v) is 6.00. The Balaban J connectivity index is 1.93. The predicted octanol–water partition coefficient (Wildman–Crippen LogP) is 3.48. The van der Waals surface area contributed by atoms with Gasteiger partial charge in [0.05, 0.1) is 18.4 Å². The number of halogens is 2. The van der Waals surface area contributed by atoms with Crippen LogP contribution in [-0.4, -0.2) is 6.04 Å². The molecule has 1 aliphatic carbocycles. The van der Waals surface area contributed by atoms with Crippen molar-refractivity contribution in [2.75, 3.05) is 0 Å². The number of nitrogens with one attached hydrogen (secondary N) is 1. The van der Waals surface area contributed by atoms with Gasteiger partial charge in [-0.15, -0.1) is 0 Å². The van der Waals surface area contributed by atoms with Gasteiger partial charge in [0.2, 0.25) is 0 Å². The smallest absolute Gasteiger partial charge is 0.134 e. The summed E-state index contributed by atoms with van der Waals surface area (Å²) in [6.07, 6.45) is 3.78. The molecule has 1 aromatic heterocycles. The molecule has 3 rings (SSSR count). The van der Waals surface area contributed by atoms with Crippen molar-refractivity contribution in [3.8, 4) is 11.1 Å². The van der Waals surface area contributed by atoms with Crippen LogP contribution in [0.25, 0.3) is 11.1 Å². The molecule has 1 saturated carbocycles. The molecule has 2 aromatic rings. The van der Waals surface area contributed by atoms with Crippen molar-refractivity contribution >= 4 is 0 Å². The summed E-state index contributed by atoms with van der Waals surface area (Å²) in [5.41, 5.74) is 0.470. The molecule has 0 amide bonds. The highest BCUT2D eigenvalue weighted by atomic mass is 19.1. The summed E-state index contributed by atoms with van der Waals surface area (Å²) in [4.78, 5) is 0. The van der Waals surface area contributed by atoms with Gasteiger partial charge in [-0.25, -0.2) is 8.78 Å². The Bertz CT molecular complexity index is 540. The molecule has 94 valence electrons. The Hall–Kier alpha value is -1.68. The molecule has 18 heavy (non-hydrogen) atoms. The van der Waals surface area contributed by atoms with Gasteiger partial charge in [0.15, 0.2) is 0 Å². The van der Waals surface area contributed by atoms with E-state index in [1.807, 2.05) is 0 Å². The number of benzene rings is 1. The topological polar surface area (TPSA) is 25.2 Å². The van der Waals surface area contributed by atoms with E-state index in [0.717, 1.165) is 12.8 Å². The second-order valence-corrected chi connectivity index (χ2v) is 4.51. The lowest BCUT2D eigenvalue weighted by atomic mass is 10.0. The van der Waals surface area contributed by atoms with Crippen LogP contribution in [0.4, 0.5) is 8.78 Å². The largest absolute Gasteiger partial charge is 0.467 e. The molecule has 1 aliphatic rings. The van der Waals surface area contributed by atoms with Crippen LogP contribution in [0.3, 0.4) is 0 Å². The molecule has 1 N–H and O–H groups in total. The third-order valence-electron chi connectivity index (χ3n) is 3.11. The van der Waals surface area contributed by atoms with Crippen molar-refractivity contribution in [3.05, 3.63) is 47.9 Å². The first-order valence-electron chi connectivity index (χ1n) is 6.00. The molecule has 1 aromatic carbocycles. The van der Waals surface area contributed by atoms with Crippen molar-refractivity contribution in [2.45, 2.75) is 25.4 Å². The average molecular weight is 249 g/mol. The Morgan fingerprint density at radius 3 is 2.56 bits per heavy atom. The zero-order chi connectivity index (χ0) is 12.5. The first kappa shape index (κ1) is 11.4. The van der Waals surface area contributed by atoms with Crippen LogP contribution in [0.1, 0.15) is 18.6 Å². The van der Waals surface area contributed by atoms with Gasteiger partial charge in [-0.1, -0.05) is 6.07 Å². The van der Waals surface area contributed by atoms with E-state index < -0.39 is 11.6 Å². The zero-order valence-electron chi connectivity index (χ0n) is 9.75. The molecular formula is C14H13F2NO. The van der Waals surface area contributed by atoms with Gasteiger partial charge in [0.25, 0.3) is 0 Å². The van der Waals surface area contributed by atoms with Gasteiger partial charge in [-0.3, -0.25) is 0 Å². The van der Waals surface area contributed by atoms with Gasteiger partial charge in [-0.05, 0) is 31.0 Å². The van der Waals surface area contributed by atoms with Gasteiger partial charge in [0.1, 0.15) is 17.4 Å². The van der Waals surface area contributed by atoms with Crippen LogP contribution >= 0.6 is 0 Å². The van der Waals surface area contributed by atoms with Crippen molar-refractivity contribution in [2.24, 2.45) is 0 Å². The van der Waals surface area contributed by atoms with E-state index in [2.05, 4.69) is 5.32 Å². The molecule has 1 heterocycles. The lowest BCUT2D eigenvalue weighted by Gasteiger charge is -2.06. The third-order valence-corrected chi connectivity index (χ3v) is 3.11. The van der Waals surface area contributed by atoms with Gasteiger partial charge in [-0.2, -0.15) is 0 Å². The number of hydrogen-bond acceptors (Lipinski definition) is 2. The molecule has 0 radical (unpaired) electrons. The Morgan fingerprint density at radius 2 is 1.89 bits per heavy atom. The lowest BCUT2D eigenvalue weighted by molar-refractivity contribution is 0.482. The third kappa shape index (κ3) is 2.16. The van der Waals surface area contributed by atoms with Crippen LogP contribution < -0.4 is 5.32 Å². The normalized spacial score (nSPS) is 15.0. The van der Waals surface area contributed by atoms with Crippen LogP contribution in [0.15, 0.2) is 34.9 Å². The summed E-state index contributed by atoms with van der Waals surface area (Å²) >= 11 is 0. The highest BCUT2D eigenvalue weighted by Gasteiger charge is 2.22. The molecule has 0 atom stereocenters. The fourth-order valence-corrected chi connectivity index (χ4v) is 1.98. The minimum absolute atomic E-state index is 0.0150. The summed E-state index contributed by atoms with van der Waals surface area (Å²) in [6.45, 7) is 0.501. The van der Waals surface area contributed by atoms with Gasteiger partial charge in [0, 0.05) is 11.6 Å². The molecule has 0 spiro atoms. The fraction of sp³-hybridized carbons (Fsp3) is 0.286. The van der Waals surface area contributed by atoms with Gasteiger partial charge < -0.3 is 9.73 Å². The van der Waals surface area contributed by atoms with E-state index in [1.54, 1.807) is 6.07 Å². The number of hydrogen-bond donors (Lipinski definition) is 1. The van der Waals surface area contributed by atoms with E-state index in [4.69, 9.17) is 4.42 Å². The summed E-state index contributed by atoms with van der Waals surface area (Å²) in [6, 6.07) is 5.99. The summed E-state index contributed by atoms with van der Waals surface area (Å²) in [5, 5.41) is 3.27. The molecule has 0 unspecified atom stereocenters. The van der Waals surface area contributed by atoms with Crippen LogP contribution in [0.5, 0.6) is 0 Å². The van der Waals surface area contributed by atoms with E-state index in [9.17, 15) is 8.78 Å². The van der Waals surface area contributed by atoms with E-state index in [0.29, 0.717) is 23.9 Å². The molecule has 4 heteroatoms. The predicted molar refractivity (Wildman–Crippen MR) is 63.9 cm³/mol. The second kappa shape index (κ2) is 4.53. The van der Waals surface area contributed by atoms with Gasteiger partial charge >= 0.3 is 0 Å². The van der Waals surface area contributed by atoms with E-state index >= 15 is 0 Å². The maximum Gasteiger partial charge on any atom is 0.134 e. The minimum Gasteiger partial charge on any atom is -0.467 e. The molecule has 0 bridgehead atoms. The zero-order valence-corrected chi connectivity index (χ0v) is 9.75. The maximum atomic E-state index is 13.7. The van der Waals surface area contributed by atoms with Crippen molar-refractivity contribution in [1.82, 2.24) is 5.32 Å². The molecule has 0 aliphatic heterocycles. The fourth-order valence-electron chi connectivity index (χ4n) is 1.98. The molecule has 2 nitrogen and oxygen atoms in total. The van der Waals surface area contributed by atoms with Crippen LogP contribution in [-0.2, 0) is 6.54 Å². The van der Waals surface area contributed by atoms with Crippen molar-refractivity contribution in [3.63, 3.8) is 0 Å². The Morgan fingerprint density at radius 1 is 1.17 bits per heavy atom. The summed E-state index contributed by atoms with van der Waals surface area (Å²) in [7, 11) is 0. The van der Waals surface area contributed by atoms with Crippen LogP contribution in [0, 0.1) is 11.6 Å². The first-order chi connectivity index (χ1) is 8.75. The number of rotatable bonds is 4. The minimum atomic E-state index is -0.566. The summed E-state index contributed by atoms with van der Waals surface area (Å²) in [5.74, 6) is -0.556. The van der Waals surface area contributed by atoms with Crippen LogP contribution in [0.2, 0.25) is 0 Å². The standard InChI is InChI=1S/C14H13F2NO/c15-11-2-1-3-12(16)14(11)10-6-7-18-13(10)8-17-9-4-5-9/h1-3,6-7,9,17H,4-5,8H2. The average Bonchev–Trinajstić information content (AvgIpc) is 3.06. The lowest BCUT2D eigenvalue weighted by Crippen LogP contribution is -2.15. The Kier molecular flexibility index (Phi) is 2.88. The highest BCUT2D eigenvalue weighted by molar-refractivity contribution is 5.66. The van der Waals surface area contributed by atoms with E-state index in [-0.39, 0.29) is 5.56 Å². The second-order valence-electron chi connectivity index (χ2n) is 4.51. The quantitative estimate of drug-likeness (QED) is 0.897. The van der Waals surface area contributed by atoms with Crippen molar-refractivity contribution in [1.29, 1.82) is 0 Å². The van der Waals surface area contributed by atoms with E-state index in [1.165, 1.54) is 24.5 Å². The Labute approximate surface area is 104 Å². The molecular weight excluding hydrogens is 236 g/mol. The van der Waals surface area contributed by atoms with Crippen molar-refractivity contribution < 1.29 is 13.2 Å². The maximum absolute atomic E-state index is 13.7. The highest BCUT2D eigenvalue weighted by Crippen LogP contribution is 2.30. The monoisotopic (exact) mass is 249 g/mol. The number of furan rings is 1. The summed E-state index contributed by atoms with van der Waals surface area (Å²) < 4.78 is 32.7. The molecule has 1 fully saturated rings. The SMILES string of the molecule is Fc1cccc(F)c1-c1ccoc1CNC1CC1.